The lowest BCUT2D eigenvalue weighted by molar-refractivity contribution is 0.829. The highest BCUT2D eigenvalue weighted by Gasteiger charge is 2.05. The average Bonchev–Trinajstić information content (AvgIpc) is 2.63. The molecule has 1 aromatic heterocycles. The van der Waals surface area contributed by atoms with Gasteiger partial charge in [0.2, 0.25) is 0 Å². The molecule has 0 unspecified atom stereocenters. The minimum Gasteiger partial charge on any atom is -0.350 e. The number of thioether (sulfide) groups is 1. The van der Waals surface area contributed by atoms with Crippen LogP contribution >= 0.6 is 23.1 Å². The summed E-state index contributed by atoms with van der Waals surface area (Å²) >= 11 is 3.62. The molecule has 5 heteroatoms. The smallest absolute Gasteiger partial charge is 0.185 e. The van der Waals surface area contributed by atoms with E-state index in [0.717, 1.165) is 24.0 Å². The Morgan fingerprint density at radius 2 is 2.43 bits per heavy atom. The Labute approximate surface area is 93.9 Å². The molecule has 3 nitrogen and oxygen atoms in total. The Kier molecular flexibility index (Phi) is 5.29. The van der Waals surface area contributed by atoms with E-state index in [9.17, 15) is 0 Å². The van der Waals surface area contributed by atoms with Crippen molar-refractivity contribution < 1.29 is 0 Å². The molecular weight excluding hydrogens is 214 g/mol. The summed E-state index contributed by atoms with van der Waals surface area (Å²) in [6, 6.07) is 0. The summed E-state index contributed by atoms with van der Waals surface area (Å²) in [6.45, 7) is 1.97. The number of aromatic nitrogens is 1. The predicted molar refractivity (Wildman–Crippen MR) is 66.5 cm³/mol. The summed E-state index contributed by atoms with van der Waals surface area (Å²) < 4.78 is 0. The second-order valence-electron chi connectivity index (χ2n) is 3.05. The molecule has 0 aliphatic heterocycles. The fourth-order valence-electron chi connectivity index (χ4n) is 1.05. The first-order valence-electron chi connectivity index (χ1n) is 4.57. The zero-order valence-electron chi connectivity index (χ0n) is 8.91. The van der Waals surface area contributed by atoms with E-state index in [0.29, 0.717) is 0 Å². The molecule has 80 valence electrons. The highest BCUT2D eigenvalue weighted by atomic mass is 32.2. The second-order valence-corrected chi connectivity index (χ2v) is 5.13. The number of thiazole rings is 1. The van der Waals surface area contributed by atoms with Crippen LogP contribution in [0.15, 0.2) is 6.20 Å². The third-order valence-electron chi connectivity index (χ3n) is 1.85. The molecule has 0 aliphatic rings. The topological polar surface area (TPSA) is 28.2 Å². The molecule has 0 saturated carbocycles. The number of nitrogens with zero attached hydrogens (tertiary/aromatic N) is 2. The average molecular weight is 231 g/mol. The van der Waals surface area contributed by atoms with Gasteiger partial charge in [-0.25, -0.2) is 4.98 Å². The molecular formula is C9H17N3S2. The van der Waals surface area contributed by atoms with Crippen molar-refractivity contribution in [1.29, 1.82) is 0 Å². The Bertz CT molecular complexity index is 262. The van der Waals surface area contributed by atoms with Crippen LogP contribution in [0, 0.1) is 0 Å². The summed E-state index contributed by atoms with van der Waals surface area (Å²) in [6.07, 6.45) is 4.08. The maximum absolute atomic E-state index is 4.38. The minimum absolute atomic E-state index is 0.911. The van der Waals surface area contributed by atoms with E-state index in [1.165, 1.54) is 4.88 Å². The summed E-state index contributed by atoms with van der Waals surface area (Å²) in [5.74, 6) is 1.15. The van der Waals surface area contributed by atoms with E-state index < -0.39 is 0 Å². The molecule has 0 aliphatic carbocycles. The molecule has 0 spiro atoms. The van der Waals surface area contributed by atoms with Crippen molar-refractivity contribution in [3.63, 3.8) is 0 Å². The lowest BCUT2D eigenvalue weighted by Gasteiger charge is -2.14. The normalized spacial score (nSPS) is 10.5. The molecule has 14 heavy (non-hydrogen) atoms. The summed E-state index contributed by atoms with van der Waals surface area (Å²) in [7, 11) is 4.05. The maximum atomic E-state index is 4.38. The van der Waals surface area contributed by atoms with Crippen LogP contribution in [0.2, 0.25) is 0 Å². The van der Waals surface area contributed by atoms with Crippen molar-refractivity contribution in [2.24, 2.45) is 0 Å². The van der Waals surface area contributed by atoms with Gasteiger partial charge in [-0.3, -0.25) is 0 Å². The van der Waals surface area contributed by atoms with Crippen molar-refractivity contribution in [2.75, 3.05) is 37.5 Å². The Balaban J connectivity index is 2.48. The van der Waals surface area contributed by atoms with Crippen molar-refractivity contribution in [3.05, 3.63) is 11.1 Å². The van der Waals surface area contributed by atoms with Gasteiger partial charge in [0.15, 0.2) is 5.13 Å². The van der Waals surface area contributed by atoms with Crippen molar-refractivity contribution in [2.45, 2.75) is 6.54 Å². The minimum atomic E-state index is 0.911. The van der Waals surface area contributed by atoms with Crippen LogP contribution < -0.4 is 10.2 Å². The molecule has 0 radical (unpaired) electrons. The van der Waals surface area contributed by atoms with Crippen LogP contribution in [0.1, 0.15) is 4.88 Å². The lowest BCUT2D eigenvalue weighted by atomic mass is 10.5. The van der Waals surface area contributed by atoms with E-state index in [1.54, 1.807) is 11.3 Å². The first-order valence-corrected chi connectivity index (χ1v) is 6.78. The van der Waals surface area contributed by atoms with Gasteiger partial charge in [0.25, 0.3) is 0 Å². The summed E-state index contributed by atoms with van der Waals surface area (Å²) in [5, 5.41) is 4.24. The van der Waals surface area contributed by atoms with Gasteiger partial charge in [-0.1, -0.05) is 0 Å². The molecule has 0 atom stereocenters. The monoisotopic (exact) mass is 231 g/mol. The van der Waals surface area contributed by atoms with Crippen molar-refractivity contribution in [1.82, 2.24) is 10.3 Å². The largest absolute Gasteiger partial charge is 0.350 e. The standard InChI is InChI=1S/C9H17N3S2/c1-10-6-8-7-11-9(14-8)12(2)4-5-13-3/h7,10H,4-6H2,1-3H3. The van der Waals surface area contributed by atoms with E-state index in [-0.39, 0.29) is 0 Å². The zero-order chi connectivity index (χ0) is 10.4. The highest BCUT2D eigenvalue weighted by molar-refractivity contribution is 7.98. The van der Waals surface area contributed by atoms with Crippen molar-refractivity contribution in [3.8, 4) is 0 Å². The van der Waals surface area contributed by atoms with Gasteiger partial charge in [0.05, 0.1) is 0 Å². The lowest BCUT2D eigenvalue weighted by Crippen LogP contribution is -2.19. The van der Waals surface area contributed by atoms with E-state index in [1.807, 2.05) is 25.0 Å². The van der Waals surface area contributed by atoms with Gasteiger partial charge in [0, 0.05) is 37.0 Å². The molecule has 0 fully saturated rings. The maximum Gasteiger partial charge on any atom is 0.185 e. The fourth-order valence-corrected chi connectivity index (χ4v) is 2.42. The van der Waals surface area contributed by atoms with Gasteiger partial charge in [-0.05, 0) is 13.3 Å². The van der Waals surface area contributed by atoms with E-state index in [2.05, 4.69) is 28.5 Å². The number of hydrogen-bond donors (Lipinski definition) is 1. The van der Waals surface area contributed by atoms with Crippen molar-refractivity contribution >= 4 is 28.2 Å². The fraction of sp³-hybridized carbons (Fsp3) is 0.667. The predicted octanol–water partition coefficient (Wildman–Crippen LogP) is 1.66. The Morgan fingerprint density at radius 3 is 3.07 bits per heavy atom. The van der Waals surface area contributed by atoms with Crippen LogP contribution in [-0.2, 0) is 6.54 Å². The summed E-state index contributed by atoms with van der Waals surface area (Å²) in [4.78, 5) is 7.88. The number of anilines is 1. The van der Waals surface area contributed by atoms with Crippen LogP contribution in [0.5, 0.6) is 0 Å². The third-order valence-corrected chi connectivity index (χ3v) is 3.55. The van der Waals surface area contributed by atoms with Gasteiger partial charge >= 0.3 is 0 Å². The molecule has 1 N–H and O–H groups in total. The first-order chi connectivity index (χ1) is 6.77. The first kappa shape index (κ1) is 11.8. The summed E-state index contributed by atoms with van der Waals surface area (Å²) in [5.41, 5.74) is 0. The molecule has 0 bridgehead atoms. The SMILES string of the molecule is CNCc1cnc(N(C)CCSC)s1. The van der Waals surface area contributed by atoms with Gasteiger partial charge in [-0.15, -0.1) is 11.3 Å². The molecule has 1 aromatic rings. The quantitative estimate of drug-likeness (QED) is 0.806. The van der Waals surface area contributed by atoms with Gasteiger partial charge in [0.1, 0.15) is 0 Å². The van der Waals surface area contributed by atoms with E-state index >= 15 is 0 Å². The highest BCUT2D eigenvalue weighted by Crippen LogP contribution is 2.21. The molecule has 1 rings (SSSR count). The second kappa shape index (κ2) is 6.27. The van der Waals surface area contributed by atoms with Gasteiger partial charge in [-0.2, -0.15) is 11.8 Å². The molecule has 0 amide bonds. The van der Waals surface area contributed by atoms with Crippen LogP contribution in [-0.4, -0.2) is 37.6 Å². The number of nitrogens with one attached hydrogen (secondary N) is 1. The molecule has 1 heterocycles. The van der Waals surface area contributed by atoms with Gasteiger partial charge < -0.3 is 10.2 Å². The zero-order valence-corrected chi connectivity index (χ0v) is 10.5. The Morgan fingerprint density at radius 1 is 1.64 bits per heavy atom. The van der Waals surface area contributed by atoms with E-state index in [4.69, 9.17) is 0 Å². The molecule has 0 aromatic carbocycles. The van der Waals surface area contributed by atoms with Crippen LogP contribution in [0.3, 0.4) is 0 Å². The molecule has 0 saturated heterocycles. The number of rotatable bonds is 6. The third kappa shape index (κ3) is 3.48. The van der Waals surface area contributed by atoms with Crippen LogP contribution in [0.25, 0.3) is 0 Å². The Hall–Kier alpha value is -0.260. The van der Waals surface area contributed by atoms with Crippen LogP contribution in [0.4, 0.5) is 5.13 Å². The number of hydrogen-bond acceptors (Lipinski definition) is 5.